The molecule has 0 spiro atoms. The van der Waals surface area contributed by atoms with Crippen molar-refractivity contribution in [3.8, 4) is 11.5 Å². The highest BCUT2D eigenvalue weighted by molar-refractivity contribution is 5.49. The molecule has 0 bridgehead atoms. The van der Waals surface area contributed by atoms with E-state index in [0.29, 0.717) is 0 Å². The summed E-state index contributed by atoms with van der Waals surface area (Å²) in [4.78, 5) is 0. The van der Waals surface area contributed by atoms with E-state index in [2.05, 4.69) is 19.1 Å². The van der Waals surface area contributed by atoms with E-state index in [1.165, 1.54) is 30.4 Å². The molecule has 1 heterocycles. The van der Waals surface area contributed by atoms with Gasteiger partial charge in [0.25, 0.3) is 0 Å². The number of hydrogen-bond donors (Lipinski definition) is 1. The standard InChI is InChI=1S/C16H23NO2/c1-12-10-14-15(19-9-5-8-18-14)11-13(12)16(17)6-3-2-4-7-16/h10-11H,2-9,17H2,1H3. The molecule has 2 aliphatic rings. The van der Waals surface area contributed by atoms with Crippen LogP contribution in [-0.2, 0) is 5.54 Å². The van der Waals surface area contributed by atoms with Crippen molar-refractivity contribution in [2.24, 2.45) is 5.73 Å². The summed E-state index contributed by atoms with van der Waals surface area (Å²) in [7, 11) is 0. The van der Waals surface area contributed by atoms with E-state index in [9.17, 15) is 0 Å². The maximum atomic E-state index is 6.66. The summed E-state index contributed by atoms with van der Waals surface area (Å²) < 4.78 is 11.5. The van der Waals surface area contributed by atoms with Crippen LogP contribution in [-0.4, -0.2) is 13.2 Å². The first kappa shape index (κ1) is 12.8. The lowest BCUT2D eigenvalue weighted by molar-refractivity contribution is 0.293. The Kier molecular flexibility index (Phi) is 3.40. The van der Waals surface area contributed by atoms with Crippen molar-refractivity contribution in [2.75, 3.05) is 13.2 Å². The zero-order valence-corrected chi connectivity index (χ0v) is 11.7. The van der Waals surface area contributed by atoms with Crippen LogP contribution in [0, 0.1) is 6.92 Å². The van der Waals surface area contributed by atoms with E-state index < -0.39 is 0 Å². The summed E-state index contributed by atoms with van der Waals surface area (Å²) in [6.45, 7) is 3.60. The van der Waals surface area contributed by atoms with E-state index in [1.54, 1.807) is 0 Å². The van der Waals surface area contributed by atoms with Crippen LogP contribution in [0.4, 0.5) is 0 Å². The first-order valence-corrected chi connectivity index (χ1v) is 7.39. The number of ether oxygens (including phenoxy) is 2. The molecular formula is C16H23NO2. The molecule has 0 radical (unpaired) electrons. The van der Waals surface area contributed by atoms with Gasteiger partial charge in [-0.1, -0.05) is 19.3 Å². The number of benzene rings is 1. The first-order chi connectivity index (χ1) is 9.19. The third-order valence-corrected chi connectivity index (χ3v) is 4.38. The second kappa shape index (κ2) is 5.04. The van der Waals surface area contributed by atoms with Crippen molar-refractivity contribution in [3.63, 3.8) is 0 Å². The van der Waals surface area contributed by atoms with Gasteiger partial charge in [-0.15, -0.1) is 0 Å². The van der Waals surface area contributed by atoms with Crippen molar-refractivity contribution in [1.29, 1.82) is 0 Å². The van der Waals surface area contributed by atoms with E-state index >= 15 is 0 Å². The molecule has 1 aromatic rings. The molecule has 0 aromatic heterocycles. The van der Waals surface area contributed by atoms with Gasteiger partial charge < -0.3 is 15.2 Å². The summed E-state index contributed by atoms with van der Waals surface area (Å²) in [5.74, 6) is 1.74. The molecule has 1 aromatic carbocycles. The number of nitrogens with two attached hydrogens (primary N) is 1. The fourth-order valence-corrected chi connectivity index (χ4v) is 3.30. The van der Waals surface area contributed by atoms with E-state index in [4.69, 9.17) is 15.2 Å². The van der Waals surface area contributed by atoms with Crippen molar-refractivity contribution in [1.82, 2.24) is 0 Å². The summed E-state index contributed by atoms with van der Waals surface area (Å²) in [6, 6.07) is 4.22. The van der Waals surface area contributed by atoms with Crippen molar-refractivity contribution >= 4 is 0 Å². The quantitative estimate of drug-likeness (QED) is 0.843. The average Bonchev–Trinajstić information content (AvgIpc) is 2.63. The van der Waals surface area contributed by atoms with Gasteiger partial charge >= 0.3 is 0 Å². The highest BCUT2D eigenvalue weighted by Crippen LogP contribution is 2.41. The van der Waals surface area contributed by atoms with Gasteiger partial charge in [0.15, 0.2) is 11.5 Å². The molecule has 3 rings (SSSR count). The van der Waals surface area contributed by atoms with Crippen LogP contribution in [0.5, 0.6) is 11.5 Å². The SMILES string of the molecule is Cc1cc2c(cc1C1(N)CCCCC1)OCCCO2. The molecule has 19 heavy (non-hydrogen) atoms. The van der Waals surface area contributed by atoms with Gasteiger partial charge in [0.2, 0.25) is 0 Å². The molecule has 104 valence electrons. The van der Waals surface area contributed by atoms with Gasteiger partial charge in [-0.05, 0) is 43.0 Å². The van der Waals surface area contributed by atoms with Crippen molar-refractivity contribution in [2.45, 2.75) is 51.0 Å². The van der Waals surface area contributed by atoms with Crippen LogP contribution >= 0.6 is 0 Å². The van der Waals surface area contributed by atoms with Crippen LogP contribution in [0.2, 0.25) is 0 Å². The predicted molar refractivity (Wildman–Crippen MR) is 75.7 cm³/mol. The van der Waals surface area contributed by atoms with E-state index in [0.717, 1.165) is 44.0 Å². The second-order valence-electron chi connectivity index (χ2n) is 5.88. The third-order valence-electron chi connectivity index (χ3n) is 4.38. The lowest BCUT2D eigenvalue weighted by Crippen LogP contribution is -2.39. The second-order valence-corrected chi connectivity index (χ2v) is 5.88. The molecule has 0 unspecified atom stereocenters. The monoisotopic (exact) mass is 261 g/mol. The fourth-order valence-electron chi connectivity index (χ4n) is 3.30. The van der Waals surface area contributed by atoms with Crippen molar-refractivity contribution in [3.05, 3.63) is 23.3 Å². The normalized spacial score (nSPS) is 21.8. The van der Waals surface area contributed by atoms with Crippen LogP contribution in [0.1, 0.15) is 49.7 Å². The molecule has 2 N–H and O–H groups in total. The Bertz CT molecular complexity index is 464. The molecular weight excluding hydrogens is 238 g/mol. The maximum absolute atomic E-state index is 6.66. The van der Waals surface area contributed by atoms with Crippen molar-refractivity contribution < 1.29 is 9.47 Å². The molecule has 1 fully saturated rings. The lowest BCUT2D eigenvalue weighted by atomic mass is 9.76. The molecule has 1 aliphatic heterocycles. The van der Waals surface area contributed by atoms with Gasteiger partial charge in [0.05, 0.1) is 13.2 Å². The third kappa shape index (κ3) is 2.44. The summed E-state index contributed by atoms with van der Waals surface area (Å²) >= 11 is 0. The van der Waals surface area contributed by atoms with E-state index in [-0.39, 0.29) is 5.54 Å². The predicted octanol–water partition coefficient (Wildman–Crippen LogP) is 3.27. The minimum atomic E-state index is -0.174. The molecule has 0 amide bonds. The largest absolute Gasteiger partial charge is 0.490 e. The Balaban J connectivity index is 1.99. The Morgan fingerprint density at radius 3 is 2.26 bits per heavy atom. The fraction of sp³-hybridized carbons (Fsp3) is 0.625. The highest BCUT2D eigenvalue weighted by Gasteiger charge is 2.32. The van der Waals surface area contributed by atoms with Crippen LogP contribution in [0.3, 0.4) is 0 Å². The molecule has 3 heteroatoms. The van der Waals surface area contributed by atoms with Gasteiger partial charge in [0, 0.05) is 12.0 Å². The van der Waals surface area contributed by atoms with Gasteiger partial charge in [0.1, 0.15) is 0 Å². The lowest BCUT2D eigenvalue weighted by Gasteiger charge is -2.35. The highest BCUT2D eigenvalue weighted by atomic mass is 16.5. The zero-order chi connectivity index (χ0) is 13.3. The smallest absolute Gasteiger partial charge is 0.161 e. The molecule has 1 aliphatic carbocycles. The summed E-state index contributed by atoms with van der Waals surface area (Å²) in [5.41, 5.74) is 8.96. The number of rotatable bonds is 1. The summed E-state index contributed by atoms with van der Waals surface area (Å²) in [6.07, 6.45) is 6.86. The van der Waals surface area contributed by atoms with Gasteiger partial charge in [-0.2, -0.15) is 0 Å². The number of aryl methyl sites for hydroxylation is 1. The first-order valence-electron chi connectivity index (χ1n) is 7.39. The Morgan fingerprint density at radius 2 is 1.58 bits per heavy atom. The minimum absolute atomic E-state index is 0.174. The minimum Gasteiger partial charge on any atom is -0.490 e. The molecule has 3 nitrogen and oxygen atoms in total. The maximum Gasteiger partial charge on any atom is 0.161 e. The number of hydrogen-bond acceptors (Lipinski definition) is 3. The topological polar surface area (TPSA) is 44.5 Å². The Hall–Kier alpha value is -1.22. The Labute approximate surface area is 115 Å². The number of fused-ring (bicyclic) bond motifs is 1. The molecule has 0 atom stereocenters. The Morgan fingerprint density at radius 1 is 0.947 bits per heavy atom. The summed E-state index contributed by atoms with van der Waals surface area (Å²) in [5, 5.41) is 0. The average molecular weight is 261 g/mol. The zero-order valence-electron chi connectivity index (χ0n) is 11.7. The van der Waals surface area contributed by atoms with E-state index in [1.807, 2.05) is 0 Å². The molecule has 1 saturated carbocycles. The van der Waals surface area contributed by atoms with Gasteiger partial charge in [-0.3, -0.25) is 0 Å². The van der Waals surface area contributed by atoms with Gasteiger partial charge in [-0.25, -0.2) is 0 Å². The van der Waals surface area contributed by atoms with Crippen LogP contribution in [0.25, 0.3) is 0 Å². The molecule has 0 saturated heterocycles. The van der Waals surface area contributed by atoms with Crippen LogP contribution in [0.15, 0.2) is 12.1 Å². The van der Waals surface area contributed by atoms with Crippen LogP contribution < -0.4 is 15.2 Å².